The Kier molecular flexibility index (Phi) is 7.35. The number of benzene rings is 2. The fourth-order valence-electron chi connectivity index (χ4n) is 2.95. The van der Waals surface area contributed by atoms with Gasteiger partial charge in [-0.1, -0.05) is 47.7 Å². The van der Waals surface area contributed by atoms with Crippen molar-refractivity contribution in [1.82, 2.24) is 4.90 Å². The Morgan fingerprint density at radius 1 is 1.19 bits per heavy atom. The first-order valence-electron chi connectivity index (χ1n) is 9.73. The maximum absolute atomic E-state index is 12.6. The molecule has 0 aromatic heterocycles. The molecule has 1 heterocycles. The van der Waals surface area contributed by atoms with E-state index < -0.39 is 0 Å². The molecule has 6 nitrogen and oxygen atoms in total. The number of nitrogens with one attached hydrogen (secondary N) is 1. The number of hydrogen-bond donors (Lipinski definition) is 1. The monoisotopic (exact) mass is 456 g/mol. The summed E-state index contributed by atoms with van der Waals surface area (Å²) in [5.74, 6) is 0.536. The third-order valence-corrected chi connectivity index (χ3v) is 5.85. The highest BCUT2D eigenvalue weighted by molar-refractivity contribution is 8.26. The van der Waals surface area contributed by atoms with Crippen molar-refractivity contribution in [2.24, 2.45) is 0 Å². The molecule has 0 radical (unpaired) electrons. The Bertz CT molecular complexity index is 1030. The number of hydrogen-bond acceptors (Lipinski definition) is 6. The molecule has 1 aliphatic rings. The maximum atomic E-state index is 12.6. The Balaban J connectivity index is 1.67. The number of anilines is 1. The van der Waals surface area contributed by atoms with Gasteiger partial charge in [-0.05, 0) is 56.7 Å². The molecule has 1 saturated heterocycles. The summed E-state index contributed by atoms with van der Waals surface area (Å²) in [7, 11) is 1.52. The Labute approximate surface area is 191 Å². The number of rotatable bonds is 7. The van der Waals surface area contributed by atoms with Gasteiger partial charge in [-0.25, -0.2) is 0 Å². The molecule has 0 bridgehead atoms. The number of methoxy groups -OCH3 is 1. The summed E-state index contributed by atoms with van der Waals surface area (Å²) >= 11 is 6.60. The first kappa shape index (κ1) is 22.8. The molecule has 3 rings (SSSR count). The highest BCUT2D eigenvalue weighted by Gasteiger charge is 2.33. The first-order valence-corrected chi connectivity index (χ1v) is 11.0. The first-order chi connectivity index (χ1) is 14.8. The molecule has 1 aliphatic heterocycles. The minimum Gasteiger partial charge on any atom is -0.493 e. The quantitative estimate of drug-likeness (QED) is 0.484. The highest BCUT2D eigenvalue weighted by Crippen LogP contribution is 2.35. The summed E-state index contributed by atoms with van der Waals surface area (Å²) in [6, 6.07) is 12.8. The van der Waals surface area contributed by atoms with Crippen LogP contribution in [0.5, 0.6) is 11.5 Å². The Morgan fingerprint density at radius 3 is 2.52 bits per heavy atom. The van der Waals surface area contributed by atoms with Crippen molar-refractivity contribution in [3.63, 3.8) is 0 Å². The van der Waals surface area contributed by atoms with Gasteiger partial charge < -0.3 is 14.8 Å². The molecule has 1 N–H and O–H groups in total. The van der Waals surface area contributed by atoms with Gasteiger partial charge in [0.15, 0.2) is 18.1 Å². The molecule has 0 aliphatic carbocycles. The van der Waals surface area contributed by atoms with E-state index in [1.165, 1.54) is 18.9 Å². The molecule has 2 amide bonds. The van der Waals surface area contributed by atoms with Crippen molar-refractivity contribution in [2.45, 2.75) is 26.8 Å². The number of carbonyl (C=O) groups excluding carboxylic acids is 2. The average molecular weight is 457 g/mol. The van der Waals surface area contributed by atoms with Crippen LogP contribution in [0.1, 0.15) is 25.0 Å². The van der Waals surface area contributed by atoms with Gasteiger partial charge in [-0.3, -0.25) is 14.5 Å². The number of nitrogens with zero attached hydrogens (tertiary/aromatic N) is 1. The predicted molar refractivity (Wildman–Crippen MR) is 128 cm³/mol. The van der Waals surface area contributed by atoms with Gasteiger partial charge in [0.25, 0.3) is 11.8 Å². The van der Waals surface area contributed by atoms with Gasteiger partial charge in [-0.2, -0.15) is 0 Å². The summed E-state index contributed by atoms with van der Waals surface area (Å²) < 4.78 is 11.6. The van der Waals surface area contributed by atoms with Crippen LogP contribution in [0.15, 0.2) is 47.4 Å². The molecule has 0 spiro atoms. The number of ether oxygens (including phenoxy) is 2. The highest BCUT2D eigenvalue weighted by atomic mass is 32.2. The van der Waals surface area contributed by atoms with Gasteiger partial charge in [0, 0.05) is 11.7 Å². The molecule has 0 atom stereocenters. The van der Waals surface area contributed by atoms with Crippen molar-refractivity contribution in [3.05, 3.63) is 58.5 Å². The minimum atomic E-state index is -0.271. The van der Waals surface area contributed by atoms with E-state index in [0.717, 1.165) is 11.1 Å². The van der Waals surface area contributed by atoms with Crippen LogP contribution in [0.3, 0.4) is 0 Å². The number of thiocarbonyl (C=S) groups is 1. The normalized spacial score (nSPS) is 15.0. The fourth-order valence-corrected chi connectivity index (χ4v) is 4.47. The number of aryl methyl sites for hydroxylation is 1. The standard InChI is InChI=1S/C23H24N2O4S2/c1-14(2)25-22(27)20(31-23(25)30)12-16-7-10-18(19(11-16)28-4)29-13-21(26)24-17-8-5-15(3)6-9-17/h5-12,14H,13H2,1-4H3,(H,24,26)/b20-12-. The van der Waals surface area contributed by atoms with Crippen LogP contribution in [-0.4, -0.2) is 40.8 Å². The summed E-state index contributed by atoms with van der Waals surface area (Å²) in [6.45, 7) is 5.68. The summed E-state index contributed by atoms with van der Waals surface area (Å²) in [6.07, 6.45) is 1.78. The smallest absolute Gasteiger partial charge is 0.266 e. The zero-order valence-electron chi connectivity index (χ0n) is 17.8. The SMILES string of the molecule is COc1cc(/C=C2\SC(=S)N(C(C)C)C2=O)ccc1OCC(=O)Nc1ccc(C)cc1. The van der Waals surface area contributed by atoms with Gasteiger partial charge >= 0.3 is 0 Å². The third-order valence-electron chi connectivity index (χ3n) is 4.52. The summed E-state index contributed by atoms with van der Waals surface area (Å²) in [5.41, 5.74) is 2.60. The van der Waals surface area contributed by atoms with Crippen molar-refractivity contribution in [1.29, 1.82) is 0 Å². The van der Waals surface area contributed by atoms with Crippen molar-refractivity contribution in [3.8, 4) is 11.5 Å². The lowest BCUT2D eigenvalue weighted by atomic mass is 10.1. The average Bonchev–Trinajstić information content (AvgIpc) is 3.01. The van der Waals surface area contributed by atoms with E-state index in [0.29, 0.717) is 26.4 Å². The molecule has 31 heavy (non-hydrogen) atoms. The van der Waals surface area contributed by atoms with E-state index in [-0.39, 0.29) is 24.5 Å². The lowest BCUT2D eigenvalue weighted by molar-refractivity contribution is -0.123. The number of amides is 2. The van der Waals surface area contributed by atoms with Crippen molar-refractivity contribution in [2.75, 3.05) is 19.0 Å². The van der Waals surface area contributed by atoms with E-state index in [1.807, 2.05) is 45.0 Å². The molecule has 2 aromatic carbocycles. The molecule has 1 fully saturated rings. The van der Waals surface area contributed by atoms with Crippen LogP contribution < -0.4 is 14.8 Å². The van der Waals surface area contributed by atoms with E-state index in [9.17, 15) is 9.59 Å². The van der Waals surface area contributed by atoms with Crippen LogP contribution in [0.4, 0.5) is 5.69 Å². The zero-order chi connectivity index (χ0) is 22.5. The van der Waals surface area contributed by atoms with E-state index in [4.69, 9.17) is 21.7 Å². The molecular weight excluding hydrogens is 432 g/mol. The molecule has 2 aromatic rings. The largest absolute Gasteiger partial charge is 0.493 e. The van der Waals surface area contributed by atoms with E-state index in [2.05, 4.69) is 5.32 Å². The second-order valence-electron chi connectivity index (χ2n) is 7.26. The molecular formula is C23H24N2O4S2. The van der Waals surface area contributed by atoms with Gasteiger partial charge in [-0.15, -0.1) is 0 Å². The fraction of sp³-hybridized carbons (Fsp3) is 0.261. The van der Waals surface area contributed by atoms with Gasteiger partial charge in [0.2, 0.25) is 0 Å². The molecule has 0 unspecified atom stereocenters. The number of carbonyl (C=O) groups is 2. The number of thioether (sulfide) groups is 1. The van der Waals surface area contributed by atoms with Crippen LogP contribution in [-0.2, 0) is 9.59 Å². The minimum absolute atomic E-state index is 0.00904. The third kappa shape index (κ3) is 5.65. The van der Waals surface area contributed by atoms with E-state index in [1.54, 1.807) is 29.2 Å². The predicted octanol–water partition coefficient (Wildman–Crippen LogP) is 4.63. The summed E-state index contributed by atoms with van der Waals surface area (Å²) in [4.78, 5) is 26.9. The Morgan fingerprint density at radius 2 is 1.90 bits per heavy atom. The van der Waals surface area contributed by atoms with Crippen molar-refractivity contribution >= 4 is 51.9 Å². The van der Waals surface area contributed by atoms with Gasteiger partial charge in [0.1, 0.15) is 4.32 Å². The van der Waals surface area contributed by atoms with Crippen LogP contribution in [0, 0.1) is 6.92 Å². The second kappa shape index (κ2) is 9.98. The van der Waals surface area contributed by atoms with Crippen LogP contribution >= 0.6 is 24.0 Å². The lowest BCUT2D eigenvalue weighted by Gasteiger charge is -2.18. The topological polar surface area (TPSA) is 67.9 Å². The lowest BCUT2D eigenvalue weighted by Crippen LogP contribution is -2.34. The summed E-state index contributed by atoms with van der Waals surface area (Å²) in [5, 5.41) is 2.79. The van der Waals surface area contributed by atoms with Crippen LogP contribution in [0.25, 0.3) is 6.08 Å². The van der Waals surface area contributed by atoms with Gasteiger partial charge in [0.05, 0.1) is 12.0 Å². The van der Waals surface area contributed by atoms with Crippen molar-refractivity contribution < 1.29 is 19.1 Å². The second-order valence-corrected chi connectivity index (χ2v) is 8.93. The maximum Gasteiger partial charge on any atom is 0.266 e. The molecule has 162 valence electrons. The molecule has 0 saturated carbocycles. The van der Waals surface area contributed by atoms with Crippen LogP contribution in [0.2, 0.25) is 0 Å². The zero-order valence-corrected chi connectivity index (χ0v) is 19.4. The molecule has 8 heteroatoms. The van der Waals surface area contributed by atoms with E-state index >= 15 is 0 Å². The Hall–Kier alpha value is -2.84.